The molecule has 8 heteroatoms. The number of hydrogen-bond donors (Lipinski definition) is 4. The predicted molar refractivity (Wildman–Crippen MR) is 171 cm³/mol. The second-order valence-corrected chi connectivity index (χ2v) is 17.2. The summed E-state index contributed by atoms with van der Waals surface area (Å²) < 4.78 is 24.9. The van der Waals surface area contributed by atoms with Gasteiger partial charge in [0.25, 0.3) is 0 Å². The first-order valence-electron chi connectivity index (χ1n) is 17.6. The molecule has 4 aliphatic carbocycles. The van der Waals surface area contributed by atoms with Crippen molar-refractivity contribution in [3.05, 3.63) is 24.3 Å². The van der Waals surface area contributed by atoms with Gasteiger partial charge in [0, 0.05) is 23.9 Å². The Morgan fingerprint density at radius 2 is 1.71 bits per heavy atom. The standard InChI is InChI=1S/C37H60O8/c1-22(10-9-15-32(2,3)42-8)23-13-16-35(7)25-14-17-37-26(36(25,21-43-37)19-18-34(23,35)6)11-12-27(33(37,4)5)45-31-30(41)29(40)28(39)24(20-38)44-31/h9,14-15,17,22-31,38-41H,10-13,16,18-21H2,1-8H3/b15-9+/t22-,23-,24-,25+,26+,27+,28-,29+,30-,31+,34-,35+,36+,37-/m0/s1. The zero-order valence-corrected chi connectivity index (χ0v) is 28.9. The van der Waals surface area contributed by atoms with Gasteiger partial charge in [0.05, 0.1) is 30.5 Å². The third-order valence-electron chi connectivity index (χ3n) is 14.8. The lowest BCUT2D eigenvalue weighted by molar-refractivity contribution is -0.329. The maximum atomic E-state index is 10.7. The molecule has 2 saturated heterocycles. The summed E-state index contributed by atoms with van der Waals surface area (Å²) in [6, 6.07) is 0. The summed E-state index contributed by atoms with van der Waals surface area (Å²) in [6.07, 6.45) is 10.5. The topological polar surface area (TPSA) is 118 Å². The highest BCUT2D eigenvalue weighted by molar-refractivity contribution is 5.33. The molecule has 256 valence electrons. The van der Waals surface area contributed by atoms with Crippen LogP contribution in [-0.2, 0) is 18.9 Å². The zero-order chi connectivity index (χ0) is 32.8. The molecule has 4 N–H and O–H groups in total. The summed E-state index contributed by atoms with van der Waals surface area (Å²) in [7, 11) is 1.77. The first kappa shape index (κ1) is 34.0. The first-order valence-corrected chi connectivity index (χ1v) is 17.6. The molecular formula is C37H60O8. The van der Waals surface area contributed by atoms with E-state index in [1.54, 1.807) is 7.11 Å². The molecule has 5 fully saturated rings. The second kappa shape index (κ2) is 11.4. The highest BCUT2D eigenvalue weighted by Crippen LogP contribution is 2.77. The molecule has 0 aromatic heterocycles. The van der Waals surface area contributed by atoms with Crippen LogP contribution in [-0.4, -0.2) is 88.8 Å². The summed E-state index contributed by atoms with van der Waals surface area (Å²) in [6.45, 7) is 16.6. The van der Waals surface area contributed by atoms with Crippen LogP contribution in [0.25, 0.3) is 0 Å². The maximum Gasteiger partial charge on any atom is 0.186 e. The number of aliphatic hydroxyl groups is 4. The van der Waals surface area contributed by atoms with Crippen molar-refractivity contribution in [2.45, 2.75) is 141 Å². The average molecular weight is 633 g/mol. The lowest BCUT2D eigenvalue weighted by atomic mass is 9.38. The Labute approximate surface area is 270 Å². The van der Waals surface area contributed by atoms with Gasteiger partial charge >= 0.3 is 0 Å². The van der Waals surface area contributed by atoms with E-state index in [2.05, 4.69) is 72.8 Å². The minimum atomic E-state index is -1.46. The molecule has 14 atom stereocenters. The highest BCUT2D eigenvalue weighted by atomic mass is 16.7. The molecule has 6 rings (SSSR count). The second-order valence-electron chi connectivity index (χ2n) is 17.2. The molecule has 8 nitrogen and oxygen atoms in total. The Kier molecular flexibility index (Phi) is 8.60. The minimum absolute atomic E-state index is 0.0922. The highest BCUT2D eigenvalue weighted by Gasteiger charge is 2.75. The van der Waals surface area contributed by atoms with Crippen LogP contribution >= 0.6 is 0 Å². The fraction of sp³-hybridized carbons (Fsp3) is 0.892. The average Bonchev–Trinajstić information content (AvgIpc) is 3.39. The van der Waals surface area contributed by atoms with E-state index in [0.717, 1.165) is 25.9 Å². The van der Waals surface area contributed by atoms with Gasteiger partial charge in [0.15, 0.2) is 6.29 Å². The monoisotopic (exact) mass is 632 g/mol. The van der Waals surface area contributed by atoms with E-state index in [1.807, 2.05) is 0 Å². The number of aliphatic hydroxyl groups excluding tert-OH is 4. The van der Waals surface area contributed by atoms with Crippen molar-refractivity contribution in [2.75, 3.05) is 20.3 Å². The Morgan fingerprint density at radius 3 is 2.40 bits per heavy atom. The van der Waals surface area contributed by atoms with Gasteiger partial charge in [-0.3, -0.25) is 0 Å². The van der Waals surface area contributed by atoms with Crippen LogP contribution in [0.1, 0.15) is 93.4 Å². The van der Waals surface area contributed by atoms with Gasteiger partial charge < -0.3 is 39.4 Å². The summed E-state index contributed by atoms with van der Waals surface area (Å²) in [4.78, 5) is 0. The summed E-state index contributed by atoms with van der Waals surface area (Å²) in [5, 5.41) is 41.1. The van der Waals surface area contributed by atoms with Crippen molar-refractivity contribution in [2.24, 2.45) is 45.3 Å². The molecule has 0 aromatic rings. The van der Waals surface area contributed by atoms with Crippen molar-refractivity contribution < 1.29 is 39.4 Å². The fourth-order valence-corrected chi connectivity index (χ4v) is 11.6. The van der Waals surface area contributed by atoms with Gasteiger partial charge in [-0.25, -0.2) is 0 Å². The molecule has 2 bridgehead atoms. The number of ether oxygens (including phenoxy) is 4. The number of rotatable bonds is 8. The molecule has 6 aliphatic rings. The number of hydrogen-bond acceptors (Lipinski definition) is 8. The molecule has 0 unspecified atom stereocenters. The number of methoxy groups -OCH3 is 1. The maximum absolute atomic E-state index is 10.7. The van der Waals surface area contributed by atoms with Crippen molar-refractivity contribution in [3.63, 3.8) is 0 Å². The Morgan fingerprint density at radius 1 is 0.978 bits per heavy atom. The molecule has 2 aliphatic heterocycles. The zero-order valence-electron chi connectivity index (χ0n) is 28.9. The Balaban J connectivity index is 1.24. The predicted octanol–water partition coefficient (Wildman–Crippen LogP) is 4.77. The van der Waals surface area contributed by atoms with Crippen molar-refractivity contribution in [1.29, 1.82) is 0 Å². The first-order chi connectivity index (χ1) is 21.0. The van der Waals surface area contributed by atoms with Crippen LogP contribution < -0.4 is 0 Å². The van der Waals surface area contributed by atoms with E-state index >= 15 is 0 Å². The van der Waals surface area contributed by atoms with E-state index in [-0.39, 0.29) is 27.9 Å². The van der Waals surface area contributed by atoms with Crippen LogP contribution in [0, 0.1) is 45.3 Å². The summed E-state index contributed by atoms with van der Waals surface area (Å²) in [5.41, 5.74) is -0.609. The lowest BCUT2D eigenvalue weighted by Crippen LogP contribution is -2.66. The van der Waals surface area contributed by atoms with Crippen LogP contribution in [0.5, 0.6) is 0 Å². The van der Waals surface area contributed by atoms with E-state index in [1.165, 1.54) is 25.7 Å². The van der Waals surface area contributed by atoms with Crippen LogP contribution in [0.15, 0.2) is 24.3 Å². The van der Waals surface area contributed by atoms with Crippen LogP contribution in [0.3, 0.4) is 0 Å². The van der Waals surface area contributed by atoms with E-state index < -0.39 is 48.3 Å². The summed E-state index contributed by atoms with van der Waals surface area (Å²) in [5.74, 6) is 2.12. The largest absolute Gasteiger partial charge is 0.394 e. The van der Waals surface area contributed by atoms with Gasteiger partial charge in [-0.05, 0) is 87.4 Å². The number of allylic oxidation sites excluding steroid dienone is 2. The molecule has 0 radical (unpaired) electrons. The third kappa shape index (κ3) is 4.74. The normalized spacial score (nSPS) is 51.2. The fourth-order valence-electron chi connectivity index (χ4n) is 11.6. The van der Waals surface area contributed by atoms with Crippen LogP contribution in [0.2, 0.25) is 0 Å². The van der Waals surface area contributed by atoms with E-state index in [0.29, 0.717) is 23.7 Å². The Bertz CT molecular complexity index is 1170. The van der Waals surface area contributed by atoms with Gasteiger partial charge in [-0.1, -0.05) is 58.9 Å². The van der Waals surface area contributed by atoms with Crippen molar-refractivity contribution >= 4 is 0 Å². The Hall–Kier alpha value is -0.840. The SMILES string of the molecule is COC(C)(C)/C=C/C[C@H](C)[C@@H]1CC[C@]2(C)[C@H]3C=C[C@]45OC[C@@]3(CC[C@@]12C)[C@H]4CC[C@@H](O[C@H]1O[C@@H](CO)[C@H](O)[C@@H](O)[C@@H]1O)C5(C)C. The molecule has 2 heterocycles. The van der Waals surface area contributed by atoms with E-state index in [4.69, 9.17) is 18.9 Å². The third-order valence-corrected chi connectivity index (χ3v) is 14.8. The van der Waals surface area contributed by atoms with Gasteiger partial charge in [-0.2, -0.15) is 0 Å². The molecule has 0 aromatic carbocycles. The van der Waals surface area contributed by atoms with Gasteiger partial charge in [0.2, 0.25) is 0 Å². The minimum Gasteiger partial charge on any atom is -0.394 e. The molecule has 0 amide bonds. The van der Waals surface area contributed by atoms with Crippen LogP contribution in [0.4, 0.5) is 0 Å². The van der Waals surface area contributed by atoms with Gasteiger partial charge in [0.1, 0.15) is 24.4 Å². The molecule has 3 saturated carbocycles. The molecule has 1 spiro atoms. The lowest BCUT2D eigenvalue weighted by Gasteiger charge is -2.65. The number of fused-ring (bicyclic) bond motifs is 2. The molecule has 45 heavy (non-hydrogen) atoms. The van der Waals surface area contributed by atoms with Crippen molar-refractivity contribution in [3.8, 4) is 0 Å². The van der Waals surface area contributed by atoms with E-state index in [9.17, 15) is 20.4 Å². The van der Waals surface area contributed by atoms with Crippen molar-refractivity contribution in [1.82, 2.24) is 0 Å². The van der Waals surface area contributed by atoms with Gasteiger partial charge in [-0.15, -0.1) is 0 Å². The quantitative estimate of drug-likeness (QED) is 0.283. The smallest absolute Gasteiger partial charge is 0.186 e. The molecular weight excluding hydrogens is 572 g/mol. The summed E-state index contributed by atoms with van der Waals surface area (Å²) >= 11 is 0.